The number of ether oxygens (including phenoxy) is 1. The molecule has 0 spiro atoms. The Morgan fingerprint density at radius 2 is 1.72 bits per heavy atom. The van der Waals surface area contributed by atoms with Crippen LogP contribution in [0.15, 0.2) is 48.7 Å². The number of aromatic nitrogens is 1. The number of halogens is 4. The Bertz CT molecular complexity index is 1260. The fourth-order valence-electron chi connectivity index (χ4n) is 6.11. The van der Waals surface area contributed by atoms with Gasteiger partial charge in [-0.2, -0.15) is 0 Å². The maximum atomic E-state index is 13.1. The molecule has 0 bridgehead atoms. The molecule has 0 unspecified atom stereocenters. The molecule has 9 heteroatoms. The number of nitrogens with two attached hydrogens (primary N) is 1. The van der Waals surface area contributed by atoms with Crippen LogP contribution in [0.4, 0.5) is 13.2 Å². The zero-order valence-corrected chi connectivity index (χ0v) is 22.8. The molecule has 3 aromatic rings. The third-order valence-electron chi connectivity index (χ3n) is 8.05. The lowest BCUT2D eigenvalue weighted by Crippen LogP contribution is -2.41. The van der Waals surface area contributed by atoms with Crippen molar-refractivity contribution in [3.63, 3.8) is 0 Å². The summed E-state index contributed by atoms with van der Waals surface area (Å²) >= 11 is 0. The van der Waals surface area contributed by atoms with E-state index in [4.69, 9.17) is 5.73 Å². The largest absolute Gasteiger partial charge is 0.573 e. The number of rotatable bonds is 7. The standard InChI is InChI=1S/C30H36F3N3O2.ClH/c31-30(32,33)38-28-9-5-4-8-25(28)21-10-15-27-26(16-21)22(19-36(27)18-20-6-2-1-3-7-20)17-29(37)35-24-13-11-23(34)12-14-24;/h4-5,8-10,15-16,19-20,23-24H,1-3,6-7,11-14,17-18,34H2,(H,35,37);1H. The van der Waals surface area contributed by atoms with Gasteiger partial charge < -0.3 is 20.4 Å². The zero-order chi connectivity index (χ0) is 26.7. The molecule has 5 rings (SSSR count). The molecule has 2 aliphatic carbocycles. The summed E-state index contributed by atoms with van der Waals surface area (Å²) in [5, 5.41) is 4.07. The van der Waals surface area contributed by atoms with Crippen LogP contribution in [0.25, 0.3) is 22.0 Å². The monoisotopic (exact) mass is 563 g/mol. The summed E-state index contributed by atoms with van der Waals surface area (Å²) < 4.78 is 45.7. The molecule has 1 heterocycles. The van der Waals surface area contributed by atoms with E-state index in [-0.39, 0.29) is 42.6 Å². The molecule has 1 aromatic heterocycles. The first-order valence-electron chi connectivity index (χ1n) is 13.8. The molecule has 2 fully saturated rings. The Kier molecular flexibility index (Phi) is 9.49. The van der Waals surface area contributed by atoms with Crippen LogP contribution in [0.3, 0.4) is 0 Å². The van der Waals surface area contributed by atoms with Gasteiger partial charge in [-0.1, -0.05) is 43.5 Å². The summed E-state index contributed by atoms with van der Waals surface area (Å²) in [4.78, 5) is 13.1. The third kappa shape index (κ3) is 7.48. The van der Waals surface area contributed by atoms with Gasteiger partial charge >= 0.3 is 6.36 Å². The van der Waals surface area contributed by atoms with Gasteiger partial charge in [-0.25, -0.2) is 0 Å². The number of nitrogens with one attached hydrogen (secondary N) is 1. The van der Waals surface area contributed by atoms with Crippen molar-refractivity contribution in [3.05, 3.63) is 54.2 Å². The first kappa shape index (κ1) is 29.3. The fourth-order valence-corrected chi connectivity index (χ4v) is 6.11. The van der Waals surface area contributed by atoms with E-state index in [1.807, 2.05) is 18.2 Å². The molecule has 1 amide bonds. The van der Waals surface area contributed by atoms with Crippen molar-refractivity contribution in [2.75, 3.05) is 0 Å². The number of amides is 1. The molecular weight excluding hydrogens is 527 g/mol. The molecule has 212 valence electrons. The van der Waals surface area contributed by atoms with Gasteiger partial charge in [0, 0.05) is 41.3 Å². The van der Waals surface area contributed by atoms with Crippen molar-refractivity contribution in [3.8, 4) is 16.9 Å². The number of carbonyl (C=O) groups is 1. The van der Waals surface area contributed by atoms with E-state index in [0.29, 0.717) is 17.0 Å². The lowest BCUT2D eigenvalue weighted by Gasteiger charge is -2.26. The first-order valence-corrected chi connectivity index (χ1v) is 13.8. The normalized spacial score (nSPS) is 20.4. The highest BCUT2D eigenvalue weighted by molar-refractivity contribution is 5.93. The maximum absolute atomic E-state index is 13.1. The predicted molar refractivity (Wildman–Crippen MR) is 150 cm³/mol. The second kappa shape index (κ2) is 12.6. The highest BCUT2D eigenvalue weighted by Gasteiger charge is 2.32. The molecule has 39 heavy (non-hydrogen) atoms. The van der Waals surface area contributed by atoms with E-state index < -0.39 is 6.36 Å². The summed E-state index contributed by atoms with van der Waals surface area (Å²) in [6.07, 6.45) is 7.25. The Balaban J connectivity index is 0.00000353. The van der Waals surface area contributed by atoms with Gasteiger partial charge in [-0.3, -0.25) is 4.79 Å². The van der Waals surface area contributed by atoms with Gasteiger partial charge in [0.15, 0.2) is 0 Å². The molecule has 0 atom stereocenters. The molecule has 0 saturated heterocycles. The molecule has 2 aromatic carbocycles. The molecule has 0 aliphatic heterocycles. The minimum atomic E-state index is -4.78. The van der Waals surface area contributed by atoms with Crippen LogP contribution in [-0.2, 0) is 17.8 Å². The van der Waals surface area contributed by atoms with Crippen LogP contribution in [0.5, 0.6) is 5.75 Å². The molecule has 3 N–H and O–H groups in total. The van der Waals surface area contributed by atoms with Crippen LogP contribution in [-0.4, -0.2) is 28.9 Å². The Labute approximate surface area is 233 Å². The second-order valence-corrected chi connectivity index (χ2v) is 10.9. The van der Waals surface area contributed by atoms with Crippen LogP contribution in [0, 0.1) is 5.92 Å². The average molecular weight is 564 g/mol. The number of hydrogen-bond acceptors (Lipinski definition) is 3. The van der Waals surface area contributed by atoms with Gasteiger partial charge in [0.2, 0.25) is 5.91 Å². The summed E-state index contributed by atoms with van der Waals surface area (Å²) in [7, 11) is 0. The fraction of sp³-hybridized carbons (Fsp3) is 0.500. The van der Waals surface area contributed by atoms with Gasteiger partial charge in [-0.15, -0.1) is 25.6 Å². The number of carbonyl (C=O) groups excluding carboxylic acids is 1. The molecule has 2 saturated carbocycles. The highest BCUT2D eigenvalue weighted by Crippen LogP contribution is 2.37. The smallest absolute Gasteiger partial charge is 0.405 e. The SMILES string of the molecule is Cl.NC1CCC(NC(=O)Cc2cn(CC3CCCCC3)c3ccc(-c4ccccc4OC(F)(F)F)cc23)CC1. The minimum Gasteiger partial charge on any atom is -0.405 e. The van der Waals surface area contributed by atoms with Crippen LogP contribution < -0.4 is 15.8 Å². The van der Waals surface area contributed by atoms with E-state index in [0.717, 1.165) is 48.7 Å². The number of nitrogens with zero attached hydrogens (tertiary/aromatic N) is 1. The van der Waals surface area contributed by atoms with Gasteiger partial charge in [-0.05, 0) is 73.8 Å². The number of fused-ring (bicyclic) bond motifs is 1. The Morgan fingerprint density at radius 1 is 1.00 bits per heavy atom. The molecule has 2 aliphatic rings. The van der Waals surface area contributed by atoms with Crippen molar-refractivity contribution in [1.29, 1.82) is 0 Å². The molecule has 5 nitrogen and oxygen atoms in total. The van der Waals surface area contributed by atoms with Crippen molar-refractivity contribution in [2.45, 2.75) is 89.2 Å². The Hall–Kier alpha value is -2.71. The third-order valence-corrected chi connectivity index (χ3v) is 8.05. The van der Waals surface area contributed by atoms with E-state index in [1.165, 1.54) is 44.2 Å². The number of benzene rings is 2. The topological polar surface area (TPSA) is 69.3 Å². The lowest BCUT2D eigenvalue weighted by molar-refractivity contribution is -0.274. The van der Waals surface area contributed by atoms with Crippen molar-refractivity contribution >= 4 is 29.2 Å². The van der Waals surface area contributed by atoms with Crippen LogP contribution in [0.2, 0.25) is 0 Å². The quantitative estimate of drug-likeness (QED) is 0.321. The van der Waals surface area contributed by atoms with Gasteiger partial charge in [0.25, 0.3) is 0 Å². The van der Waals surface area contributed by atoms with E-state index in [2.05, 4.69) is 20.8 Å². The Morgan fingerprint density at radius 3 is 2.44 bits per heavy atom. The number of hydrogen-bond donors (Lipinski definition) is 2. The zero-order valence-electron chi connectivity index (χ0n) is 22.0. The molecule has 0 radical (unpaired) electrons. The first-order chi connectivity index (χ1) is 18.2. The lowest BCUT2D eigenvalue weighted by atomic mass is 9.89. The second-order valence-electron chi connectivity index (χ2n) is 10.9. The number of para-hydroxylation sites is 1. The summed E-state index contributed by atoms with van der Waals surface area (Å²) in [6.45, 7) is 0.881. The highest BCUT2D eigenvalue weighted by atomic mass is 35.5. The van der Waals surface area contributed by atoms with E-state index >= 15 is 0 Å². The minimum absolute atomic E-state index is 0. The van der Waals surface area contributed by atoms with E-state index in [9.17, 15) is 18.0 Å². The van der Waals surface area contributed by atoms with Gasteiger partial charge in [0.05, 0.1) is 6.42 Å². The average Bonchev–Trinajstić information content (AvgIpc) is 3.21. The predicted octanol–water partition coefficient (Wildman–Crippen LogP) is 7.14. The van der Waals surface area contributed by atoms with Crippen molar-refractivity contribution in [2.24, 2.45) is 11.7 Å². The van der Waals surface area contributed by atoms with E-state index in [1.54, 1.807) is 12.1 Å². The van der Waals surface area contributed by atoms with Crippen LogP contribution >= 0.6 is 12.4 Å². The van der Waals surface area contributed by atoms with Crippen molar-refractivity contribution < 1.29 is 22.7 Å². The summed E-state index contributed by atoms with van der Waals surface area (Å²) in [6, 6.07) is 12.2. The summed E-state index contributed by atoms with van der Waals surface area (Å²) in [5.41, 5.74) is 8.88. The summed E-state index contributed by atoms with van der Waals surface area (Å²) in [5.74, 6) is 0.317. The van der Waals surface area contributed by atoms with Crippen LogP contribution in [0.1, 0.15) is 63.4 Å². The number of alkyl halides is 3. The maximum Gasteiger partial charge on any atom is 0.573 e. The van der Waals surface area contributed by atoms with Crippen molar-refractivity contribution in [1.82, 2.24) is 9.88 Å². The molecular formula is C30H37ClF3N3O2. The van der Waals surface area contributed by atoms with Gasteiger partial charge in [0.1, 0.15) is 5.75 Å².